The van der Waals surface area contributed by atoms with E-state index in [1.54, 1.807) is 67.6 Å². The quantitative estimate of drug-likeness (QED) is 0.240. The van der Waals surface area contributed by atoms with Gasteiger partial charge in [-0.1, -0.05) is 66.5 Å². The highest BCUT2D eigenvalue weighted by atomic mass is 35.5. The zero-order valence-corrected chi connectivity index (χ0v) is 26.0. The lowest BCUT2D eigenvalue weighted by Crippen LogP contribution is -2.52. The van der Waals surface area contributed by atoms with E-state index < -0.39 is 44.3 Å². The van der Waals surface area contributed by atoms with Crippen LogP contribution in [-0.2, 0) is 24.8 Å². The number of nitrogens with zero attached hydrogens (tertiary/aromatic N) is 2. The molecule has 2 heterocycles. The molecule has 12 heteroatoms. The van der Waals surface area contributed by atoms with Gasteiger partial charge in [-0.2, -0.15) is 0 Å². The van der Waals surface area contributed by atoms with E-state index in [-0.39, 0.29) is 41.1 Å². The van der Waals surface area contributed by atoms with Crippen LogP contribution in [0.4, 0.5) is 0 Å². The molecule has 1 unspecified atom stereocenters. The van der Waals surface area contributed by atoms with Gasteiger partial charge in [-0.25, -0.2) is 13.4 Å². The Hall–Kier alpha value is -3.73. The summed E-state index contributed by atoms with van der Waals surface area (Å²) in [5, 5.41) is 2.26. The van der Waals surface area contributed by atoms with E-state index in [9.17, 15) is 22.8 Å². The lowest BCUT2D eigenvalue weighted by atomic mass is 9.94. The third-order valence-electron chi connectivity index (χ3n) is 8.51. The minimum atomic E-state index is -4.02. The minimum Gasteiger partial charge on any atom is -0.434 e. The first-order valence-electron chi connectivity index (χ1n) is 14.3. The zero-order chi connectivity index (χ0) is 31.2. The first-order valence-corrected chi connectivity index (χ1v) is 16.6. The molecule has 3 atom stereocenters. The number of carbonyl (C=O) groups excluding carboxylic acids is 3. The van der Waals surface area contributed by atoms with Crippen LogP contribution >= 0.6 is 23.2 Å². The number of Topliss-reactive ketones (excluding diaryl/α,β-unsaturated/α-hetero) is 1. The molecule has 44 heavy (non-hydrogen) atoms. The van der Waals surface area contributed by atoms with E-state index in [0.717, 1.165) is 5.56 Å². The number of benzene rings is 3. The number of para-hydroxylation sites is 2. The summed E-state index contributed by atoms with van der Waals surface area (Å²) in [5.41, 5.74) is 0.814. The monoisotopic (exact) mass is 653 g/mol. The number of aromatic nitrogens is 1. The average molecular weight is 655 g/mol. The van der Waals surface area contributed by atoms with Gasteiger partial charge in [-0.05, 0) is 67.6 Å². The van der Waals surface area contributed by atoms with Crippen LogP contribution in [0, 0.1) is 0 Å². The van der Waals surface area contributed by atoms with Gasteiger partial charge in [0, 0.05) is 11.6 Å². The van der Waals surface area contributed by atoms with Crippen LogP contribution in [0.3, 0.4) is 0 Å². The molecule has 2 fully saturated rings. The zero-order valence-electron chi connectivity index (χ0n) is 23.7. The smallest absolute Gasteiger partial charge is 0.266 e. The lowest BCUT2D eigenvalue weighted by molar-refractivity contribution is -0.140. The normalized spacial score (nSPS) is 19.9. The molecule has 1 aromatic heterocycles. The maximum Gasteiger partial charge on any atom is 0.266 e. The van der Waals surface area contributed by atoms with Crippen LogP contribution in [0.15, 0.2) is 82.1 Å². The number of oxazole rings is 1. The fourth-order valence-electron chi connectivity index (χ4n) is 5.89. The van der Waals surface area contributed by atoms with E-state index in [1.165, 1.54) is 17.0 Å². The summed E-state index contributed by atoms with van der Waals surface area (Å²) in [7, 11) is -4.02. The summed E-state index contributed by atoms with van der Waals surface area (Å²) in [4.78, 5) is 47.0. The van der Waals surface area contributed by atoms with Crippen molar-refractivity contribution >= 4 is 61.7 Å². The number of carbonyl (C=O) groups is 3. The molecular formula is C32H29Cl2N3O6S. The molecule has 2 aliphatic rings. The van der Waals surface area contributed by atoms with Crippen molar-refractivity contribution in [1.29, 1.82) is 0 Å². The van der Waals surface area contributed by atoms with Gasteiger partial charge in [0.25, 0.3) is 5.89 Å². The summed E-state index contributed by atoms with van der Waals surface area (Å²) >= 11 is 12.4. The van der Waals surface area contributed by atoms with Gasteiger partial charge in [0.2, 0.25) is 17.6 Å². The Morgan fingerprint density at radius 1 is 1.02 bits per heavy atom. The molecule has 1 aliphatic carbocycles. The van der Waals surface area contributed by atoms with Crippen molar-refractivity contribution in [1.82, 2.24) is 15.2 Å². The molecule has 1 saturated carbocycles. The second kappa shape index (κ2) is 11.6. The number of hydrogen-bond donors (Lipinski definition) is 1. The van der Waals surface area contributed by atoms with E-state index in [1.807, 2.05) is 0 Å². The van der Waals surface area contributed by atoms with Gasteiger partial charge in [0.15, 0.2) is 15.4 Å². The van der Waals surface area contributed by atoms with Gasteiger partial charge >= 0.3 is 0 Å². The van der Waals surface area contributed by atoms with Gasteiger partial charge in [-0.3, -0.25) is 14.4 Å². The Labute approximate surface area is 264 Å². The van der Waals surface area contributed by atoms with Crippen molar-refractivity contribution < 1.29 is 27.2 Å². The maximum absolute atomic E-state index is 14.2. The number of hydrogen-bond acceptors (Lipinski definition) is 7. The number of rotatable bonds is 9. The van der Waals surface area contributed by atoms with E-state index >= 15 is 0 Å². The lowest BCUT2D eigenvalue weighted by Gasteiger charge is -2.29. The molecule has 1 N–H and O–H groups in total. The highest BCUT2D eigenvalue weighted by molar-refractivity contribution is 7.92. The molecule has 1 aliphatic heterocycles. The predicted molar refractivity (Wildman–Crippen MR) is 165 cm³/mol. The molecule has 3 aromatic carbocycles. The number of amides is 2. The van der Waals surface area contributed by atoms with Crippen LogP contribution in [0.25, 0.3) is 11.1 Å². The topological polar surface area (TPSA) is 127 Å². The molecule has 228 valence electrons. The molecule has 4 aromatic rings. The van der Waals surface area contributed by atoms with Crippen molar-refractivity contribution in [2.45, 2.75) is 60.3 Å². The Kier molecular flexibility index (Phi) is 8.02. The van der Waals surface area contributed by atoms with Crippen LogP contribution in [0.5, 0.6) is 0 Å². The van der Waals surface area contributed by atoms with Crippen molar-refractivity contribution in [3.8, 4) is 0 Å². The van der Waals surface area contributed by atoms with Gasteiger partial charge in [-0.15, -0.1) is 0 Å². The Morgan fingerprint density at radius 3 is 2.36 bits per heavy atom. The fraction of sp³-hybridized carbons (Fsp3) is 0.312. The summed E-state index contributed by atoms with van der Waals surface area (Å²) in [6.45, 7) is 1.53. The SMILES string of the molecule is CCC(NC(=O)[C@@H]1C[C@@H](S(=O)(=O)c2ccccc2Cl)CN1C(=O)C1(c2ccc(Cl)cc2)CC1)C(=O)c1nc2ccccc2o1. The molecule has 2 amide bonds. The number of fused-ring (bicyclic) bond motifs is 1. The number of halogens is 2. The molecule has 9 nitrogen and oxygen atoms in total. The number of likely N-dealkylation sites (tertiary alicyclic amines) is 1. The van der Waals surface area contributed by atoms with Crippen LogP contribution in [0.2, 0.25) is 10.0 Å². The van der Waals surface area contributed by atoms with E-state index in [0.29, 0.717) is 29.0 Å². The Morgan fingerprint density at radius 2 is 1.70 bits per heavy atom. The largest absolute Gasteiger partial charge is 0.434 e. The van der Waals surface area contributed by atoms with Gasteiger partial charge in [0.05, 0.1) is 26.6 Å². The third-order valence-corrected chi connectivity index (χ3v) is 11.4. The summed E-state index contributed by atoms with van der Waals surface area (Å²) in [6, 6.07) is 17.9. The van der Waals surface area contributed by atoms with Gasteiger partial charge in [0.1, 0.15) is 11.6 Å². The molecular weight excluding hydrogens is 625 g/mol. The van der Waals surface area contributed by atoms with Crippen molar-refractivity contribution in [2.24, 2.45) is 0 Å². The Bertz CT molecular complexity index is 1840. The average Bonchev–Trinajstić information content (AvgIpc) is 3.50. The molecule has 0 radical (unpaired) electrons. The highest BCUT2D eigenvalue weighted by Gasteiger charge is 2.57. The first kappa shape index (κ1) is 30.3. The summed E-state index contributed by atoms with van der Waals surface area (Å²) in [5.74, 6) is -1.63. The second-order valence-corrected chi connectivity index (χ2v) is 14.3. The predicted octanol–water partition coefficient (Wildman–Crippen LogP) is 5.39. The van der Waals surface area contributed by atoms with Crippen molar-refractivity contribution in [3.63, 3.8) is 0 Å². The van der Waals surface area contributed by atoms with Crippen LogP contribution < -0.4 is 5.32 Å². The van der Waals surface area contributed by atoms with Crippen molar-refractivity contribution in [3.05, 3.63) is 94.3 Å². The first-order chi connectivity index (χ1) is 21.0. The van der Waals surface area contributed by atoms with E-state index in [2.05, 4.69) is 10.3 Å². The summed E-state index contributed by atoms with van der Waals surface area (Å²) < 4.78 is 33.2. The molecule has 1 saturated heterocycles. The Balaban J connectivity index is 1.30. The van der Waals surface area contributed by atoms with Gasteiger partial charge < -0.3 is 14.6 Å². The number of nitrogens with one attached hydrogen (secondary N) is 1. The minimum absolute atomic E-state index is 0.0588. The highest BCUT2D eigenvalue weighted by Crippen LogP contribution is 2.51. The molecule has 6 rings (SSSR count). The number of sulfone groups is 1. The molecule has 0 bridgehead atoms. The summed E-state index contributed by atoms with van der Waals surface area (Å²) in [6.07, 6.45) is 1.16. The van der Waals surface area contributed by atoms with Crippen LogP contribution in [0.1, 0.15) is 48.9 Å². The fourth-order valence-corrected chi connectivity index (χ4v) is 8.24. The van der Waals surface area contributed by atoms with Crippen molar-refractivity contribution in [2.75, 3.05) is 6.54 Å². The standard InChI is InChI=1S/C32H29Cl2N3O6S/c1-2-23(28(38)30-36-24-8-4-5-9-26(24)43-30)35-29(39)25-17-21(44(41,42)27-10-6-3-7-22(27)34)18-37(25)31(40)32(15-16-32)19-11-13-20(33)14-12-19/h3-14,21,23,25H,2,15-18H2,1H3,(H,35,39)/t21-,23?,25+/m1/s1. The van der Waals surface area contributed by atoms with E-state index in [4.69, 9.17) is 27.6 Å². The number of ketones is 1. The second-order valence-electron chi connectivity index (χ2n) is 11.2. The maximum atomic E-state index is 14.2. The third kappa shape index (κ3) is 5.39. The molecule has 0 spiro atoms. The van der Waals surface area contributed by atoms with Crippen LogP contribution in [-0.4, -0.2) is 59.8 Å².